The molecular weight excluding hydrogens is 200 g/mol. The Bertz CT molecular complexity index is 369. The average molecular weight is 218 g/mol. The summed E-state index contributed by atoms with van der Waals surface area (Å²) in [5, 5.41) is 12.2. The lowest BCUT2D eigenvalue weighted by Gasteiger charge is -2.09. The summed E-state index contributed by atoms with van der Waals surface area (Å²) in [6, 6.07) is 7.74. The number of ether oxygens (including phenoxy) is 1. The number of aryl methyl sites for hydroxylation is 1. The van der Waals surface area contributed by atoms with Gasteiger partial charge >= 0.3 is 0 Å². The molecule has 0 heterocycles. The van der Waals surface area contributed by atoms with Crippen LogP contribution in [0.3, 0.4) is 0 Å². The van der Waals surface area contributed by atoms with E-state index in [0.29, 0.717) is 17.9 Å². The fourth-order valence-corrected chi connectivity index (χ4v) is 1.38. The van der Waals surface area contributed by atoms with Gasteiger partial charge in [0, 0.05) is 6.54 Å². The van der Waals surface area contributed by atoms with Crippen LogP contribution < -0.4 is 10.1 Å². The summed E-state index contributed by atoms with van der Waals surface area (Å²) >= 11 is 0. The van der Waals surface area contributed by atoms with E-state index in [-0.39, 0.29) is 0 Å². The van der Waals surface area contributed by atoms with Crippen LogP contribution in [0.4, 0.5) is 0 Å². The molecule has 0 aliphatic carbocycles. The van der Waals surface area contributed by atoms with Crippen molar-refractivity contribution in [3.8, 4) is 11.8 Å². The normalized spacial score (nSPS) is 9.81. The van der Waals surface area contributed by atoms with Gasteiger partial charge in [-0.25, -0.2) is 0 Å². The predicted octanol–water partition coefficient (Wildman–Crippen LogP) is 2.25. The van der Waals surface area contributed by atoms with Gasteiger partial charge in [0.2, 0.25) is 0 Å². The van der Waals surface area contributed by atoms with Crippen LogP contribution in [0.25, 0.3) is 0 Å². The van der Waals surface area contributed by atoms with Crippen LogP contribution in [0, 0.1) is 18.3 Å². The summed E-state index contributed by atoms with van der Waals surface area (Å²) < 4.78 is 5.57. The Labute approximate surface area is 97.0 Å². The van der Waals surface area contributed by atoms with Crippen LogP contribution in [0.1, 0.15) is 24.5 Å². The van der Waals surface area contributed by atoms with E-state index in [1.807, 2.05) is 19.1 Å². The van der Waals surface area contributed by atoms with E-state index in [9.17, 15) is 0 Å². The molecule has 1 N–H and O–H groups in total. The number of nitrogens with one attached hydrogen (secondary N) is 1. The van der Waals surface area contributed by atoms with Crippen molar-refractivity contribution in [1.29, 1.82) is 5.26 Å². The number of rotatable bonds is 6. The molecule has 0 spiro atoms. The summed E-state index contributed by atoms with van der Waals surface area (Å²) in [6.45, 7) is 6.53. The van der Waals surface area contributed by atoms with Crippen molar-refractivity contribution < 1.29 is 4.74 Å². The van der Waals surface area contributed by atoms with Crippen LogP contribution in [0.5, 0.6) is 5.75 Å². The Balaban J connectivity index is 2.46. The second-order valence-corrected chi connectivity index (χ2v) is 3.71. The van der Waals surface area contributed by atoms with E-state index < -0.39 is 0 Å². The summed E-state index contributed by atoms with van der Waals surface area (Å²) in [7, 11) is 0. The first-order valence-corrected chi connectivity index (χ1v) is 5.62. The molecule has 0 saturated heterocycles. The Morgan fingerprint density at radius 1 is 1.38 bits per heavy atom. The van der Waals surface area contributed by atoms with E-state index in [1.54, 1.807) is 6.07 Å². The van der Waals surface area contributed by atoms with Crippen LogP contribution >= 0.6 is 0 Å². The van der Waals surface area contributed by atoms with Crippen molar-refractivity contribution in [2.45, 2.75) is 20.3 Å². The van der Waals surface area contributed by atoms with Crippen LogP contribution in [-0.4, -0.2) is 19.7 Å². The lowest BCUT2D eigenvalue weighted by Crippen LogP contribution is -2.21. The highest BCUT2D eigenvalue weighted by Gasteiger charge is 2.02. The van der Waals surface area contributed by atoms with Crippen molar-refractivity contribution in [2.75, 3.05) is 19.7 Å². The molecule has 0 unspecified atom stereocenters. The first kappa shape index (κ1) is 12.5. The van der Waals surface area contributed by atoms with Crippen molar-refractivity contribution >= 4 is 0 Å². The lowest BCUT2D eigenvalue weighted by molar-refractivity contribution is 0.313. The summed E-state index contributed by atoms with van der Waals surface area (Å²) in [4.78, 5) is 0. The molecule has 16 heavy (non-hydrogen) atoms. The minimum atomic E-state index is 0.595. The summed E-state index contributed by atoms with van der Waals surface area (Å²) in [5.41, 5.74) is 1.71. The molecule has 0 saturated carbocycles. The fraction of sp³-hybridized carbons (Fsp3) is 0.462. The molecule has 0 aromatic heterocycles. The van der Waals surface area contributed by atoms with Gasteiger partial charge in [-0.05, 0) is 37.6 Å². The smallest absolute Gasteiger partial charge is 0.137 e. The highest BCUT2D eigenvalue weighted by atomic mass is 16.5. The molecule has 0 radical (unpaired) electrons. The van der Waals surface area contributed by atoms with Crippen molar-refractivity contribution in [3.63, 3.8) is 0 Å². The molecule has 1 aromatic rings. The van der Waals surface area contributed by atoms with E-state index in [4.69, 9.17) is 10.00 Å². The van der Waals surface area contributed by atoms with Crippen LogP contribution in [-0.2, 0) is 0 Å². The largest absolute Gasteiger partial charge is 0.491 e. The quantitative estimate of drug-likeness (QED) is 0.745. The van der Waals surface area contributed by atoms with Crippen molar-refractivity contribution in [1.82, 2.24) is 5.32 Å². The molecule has 86 valence electrons. The van der Waals surface area contributed by atoms with Crippen molar-refractivity contribution in [2.24, 2.45) is 0 Å². The van der Waals surface area contributed by atoms with Gasteiger partial charge in [-0.3, -0.25) is 0 Å². The van der Waals surface area contributed by atoms with Crippen LogP contribution in [0.15, 0.2) is 18.2 Å². The summed E-state index contributed by atoms with van der Waals surface area (Å²) in [5.74, 6) is 0.681. The Kier molecular flexibility index (Phi) is 5.38. The van der Waals surface area contributed by atoms with Gasteiger partial charge in [-0.2, -0.15) is 5.26 Å². The van der Waals surface area contributed by atoms with Gasteiger partial charge in [0.15, 0.2) is 0 Å². The number of hydrogen-bond acceptors (Lipinski definition) is 3. The van der Waals surface area contributed by atoms with Gasteiger partial charge in [0.25, 0.3) is 0 Å². The van der Waals surface area contributed by atoms with Gasteiger partial charge in [-0.15, -0.1) is 0 Å². The maximum Gasteiger partial charge on any atom is 0.137 e. The van der Waals surface area contributed by atoms with E-state index >= 15 is 0 Å². The third-order valence-corrected chi connectivity index (χ3v) is 2.22. The average Bonchev–Trinajstić information content (AvgIpc) is 2.29. The molecule has 1 aromatic carbocycles. The molecule has 0 bridgehead atoms. The molecular formula is C13H18N2O. The first-order chi connectivity index (χ1) is 7.77. The Morgan fingerprint density at radius 3 is 2.88 bits per heavy atom. The van der Waals surface area contributed by atoms with Crippen LogP contribution in [0.2, 0.25) is 0 Å². The second kappa shape index (κ2) is 6.86. The van der Waals surface area contributed by atoms with Gasteiger partial charge in [0.05, 0.1) is 5.56 Å². The van der Waals surface area contributed by atoms with Gasteiger partial charge in [0.1, 0.15) is 18.4 Å². The molecule has 0 amide bonds. The number of benzene rings is 1. The molecule has 0 atom stereocenters. The monoisotopic (exact) mass is 218 g/mol. The highest BCUT2D eigenvalue weighted by molar-refractivity contribution is 5.44. The zero-order valence-electron chi connectivity index (χ0n) is 9.92. The lowest BCUT2D eigenvalue weighted by atomic mass is 10.1. The third-order valence-electron chi connectivity index (χ3n) is 2.22. The number of nitrogens with zero attached hydrogens (tertiary/aromatic N) is 1. The van der Waals surface area contributed by atoms with Gasteiger partial charge < -0.3 is 10.1 Å². The molecule has 0 aliphatic rings. The maximum absolute atomic E-state index is 8.90. The first-order valence-electron chi connectivity index (χ1n) is 5.62. The zero-order chi connectivity index (χ0) is 11.8. The SMILES string of the molecule is CCCNCCOc1cc(C)ccc1C#N. The standard InChI is InChI=1S/C13H18N2O/c1-3-6-15-7-8-16-13-9-11(2)4-5-12(13)10-14/h4-5,9,15H,3,6-8H2,1-2H3. The molecule has 0 aliphatic heterocycles. The van der Waals surface area contributed by atoms with E-state index in [0.717, 1.165) is 25.1 Å². The van der Waals surface area contributed by atoms with Crippen molar-refractivity contribution in [3.05, 3.63) is 29.3 Å². The maximum atomic E-state index is 8.90. The van der Waals surface area contributed by atoms with E-state index in [1.165, 1.54) is 0 Å². The van der Waals surface area contributed by atoms with E-state index in [2.05, 4.69) is 18.3 Å². The third kappa shape index (κ3) is 3.92. The highest BCUT2D eigenvalue weighted by Crippen LogP contribution is 2.18. The molecule has 0 fully saturated rings. The Morgan fingerprint density at radius 2 is 2.19 bits per heavy atom. The fourth-order valence-electron chi connectivity index (χ4n) is 1.38. The minimum absolute atomic E-state index is 0.595. The van der Waals surface area contributed by atoms with Gasteiger partial charge in [-0.1, -0.05) is 13.0 Å². The number of nitriles is 1. The zero-order valence-corrected chi connectivity index (χ0v) is 9.92. The molecule has 1 rings (SSSR count). The Hall–Kier alpha value is -1.53. The predicted molar refractivity (Wildman–Crippen MR) is 64.5 cm³/mol. The molecule has 3 nitrogen and oxygen atoms in total. The summed E-state index contributed by atoms with van der Waals surface area (Å²) in [6.07, 6.45) is 1.12. The topological polar surface area (TPSA) is 45.0 Å². The minimum Gasteiger partial charge on any atom is -0.491 e. The molecule has 3 heteroatoms. The number of hydrogen-bond donors (Lipinski definition) is 1. The second-order valence-electron chi connectivity index (χ2n) is 3.71.